The van der Waals surface area contributed by atoms with Crippen LogP contribution in [0.25, 0.3) is 0 Å². The number of aromatic nitrogens is 1. The molecule has 0 saturated carbocycles. The molecular formula is C18H26N2O4. The van der Waals surface area contributed by atoms with E-state index in [1.165, 1.54) is 7.11 Å². The van der Waals surface area contributed by atoms with Gasteiger partial charge in [-0.2, -0.15) is 0 Å². The zero-order valence-corrected chi connectivity index (χ0v) is 14.9. The molecule has 0 spiro atoms. The lowest BCUT2D eigenvalue weighted by Gasteiger charge is -2.33. The summed E-state index contributed by atoms with van der Waals surface area (Å²) in [5, 5.41) is 4.06. The van der Waals surface area contributed by atoms with Crippen LogP contribution in [0.4, 0.5) is 0 Å². The van der Waals surface area contributed by atoms with Crippen LogP contribution in [0.1, 0.15) is 61.8 Å². The molecule has 0 N–H and O–H groups in total. The Balaban J connectivity index is 1.85. The van der Waals surface area contributed by atoms with Crippen LogP contribution >= 0.6 is 0 Å². The Morgan fingerprint density at radius 1 is 1.29 bits per heavy atom. The third-order valence-electron chi connectivity index (χ3n) is 5.45. The zero-order valence-electron chi connectivity index (χ0n) is 14.9. The van der Waals surface area contributed by atoms with Gasteiger partial charge < -0.3 is 14.2 Å². The summed E-state index contributed by atoms with van der Waals surface area (Å²) in [4.78, 5) is 26.5. The predicted octanol–water partition coefficient (Wildman–Crippen LogP) is 2.60. The number of amides is 1. The van der Waals surface area contributed by atoms with Crippen LogP contribution in [-0.2, 0) is 22.4 Å². The molecule has 1 saturated heterocycles. The van der Waals surface area contributed by atoms with Gasteiger partial charge in [0.1, 0.15) is 11.8 Å². The van der Waals surface area contributed by atoms with E-state index in [0.717, 1.165) is 37.0 Å². The highest BCUT2D eigenvalue weighted by Gasteiger charge is 2.40. The van der Waals surface area contributed by atoms with Crippen LogP contribution < -0.4 is 0 Å². The van der Waals surface area contributed by atoms with Crippen molar-refractivity contribution in [3.63, 3.8) is 0 Å². The van der Waals surface area contributed by atoms with Crippen molar-refractivity contribution in [3.8, 4) is 0 Å². The summed E-state index contributed by atoms with van der Waals surface area (Å²) in [6.45, 7) is 7.24. The van der Waals surface area contributed by atoms with Gasteiger partial charge in [-0.15, -0.1) is 0 Å². The summed E-state index contributed by atoms with van der Waals surface area (Å²) in [5.41, 5.74) is 1.49. The number of fused-ring (bicyclic) bond motifs is 1. The standard InChI is InChI=1S/C18H26N2O4/c1-18(2,3)11-7-8-14-12(10-11)15(19-24-14)16(21)20-9-5-6-13(20)17(22)23-4/h11,13H,5-10H2,1-4H3/t11-,13-/m0/s1. The Morgan fingerprint density at radius 2 is 2.04 bits per heavy atom. The van der Waals surface area contributed by atoms with E-state index in [1.807, 2.05) is 0 Å². The first-order chi connectivity index (χ1) is 11.3. The van der Waals surface area contributed by atoms with Crippen LogP contribution in [0, 0.1) is 11.3 Å². The third kappa shape index (κ3) is 2.94. The maximum absolute atomic E-state index is 13.0. The summed E-state index contributed by atoms with van der Waals surface area (Å²) in [6.07, 6.45) is 4.12. The molecule has 1 aromatic heterocycles. The molecule has 1 amide bonds. The number of likely N-dealkylation sites (tertiary alicyclic amines) is 1. The highest BCUT2D eigenvalue weighted by molar-refractivity contribution is 5.96. The Morgan fingerprint density at radius 3 is 2.71 bits per heavy atom. The number of rotatable bonds is 2. The lowest BCUT2D eigenvalue weighted by atomic mass is 9.71. The monoisotopic (exact) mass is 334 g/mol. The number of nitrogens with zero attached hydrogens (tertiary/aromatic N) is 2. The van der Waals surface area contributed by atoms with Gasteiger partial charge in [0.05, 0.1) is 7.11 Å². The van der Waals surface area contributed by atoms with Crippen LogP contribution in [0.3, 0.4) is 0 Å². The molecule has 1 aromatic rings. The van der Waals surface area contributed by atoms with E-state index in [4.69, 9.17) is 9.26 Å². The molecule has 1 aliphatic heterocycles. The molecule has 6 nitrogen and oxygen atoms in total. The summed E-state index contributed by atoms with van der Waals surface area (Å²) in [6, 6.07) is -0.503. The van der Waals surface area contributed by atoms with Gasteiger partial charge in [0.15, 0.2) is 5.69 Å². The SMILES string of the molecule is COC(=O)[C@@H]1CCCN1C(=O)c1noc2c1C[C@@H](C(C)(C)C)CC2. The molecule has 1 fully saturated rings. The lowest BCUT2D eigenvalue weighted by molar-refractivity contribution is -0.145. The average Bonchev–Trinajstić information content (AvgIpc) is 3.18. The zero-order chi connectivity index (χ0) is 17.5. The van der Waals surface area contributed by atoms with E-state index in [-0.39, 0.29) is 17.3 Å². The fraction of sp³-hybridized carbons (Fsp3) is 0.722. The van der Waals surface area contributed by atoms with Gasteiger partial charge in [-0.25, -0.2) is 4.79 Å². The van der Waals surface area contributed by atoms with Gasteiger partial charge in [0, 0.05) is 18.5 Å². The number of methoxy groups -OCH3 is 1. The number of esters is 1. The largest absolute Gasteiger partial charge is 0.467 e. The van der Waals surface area contributed by atoms with Gasteiger partial charge in [-0.1, -0.05) is 25.9 Å². The minimum atomic E-state index is -0.503. The number of hydrogen-bond donors (Lipinski definition) is 0. The van der Waals surface area contributed by atoms with Crippen LogP contribution in [0.15, 0.2) is 4.52 Å². The molecule has 6 heteroatoms. The number of ether oxygens (including phenoxy) is 1. The quantitative estimate of drug-likeness (QED) is 0.777. The van der Waals surface area contributed by atoms with E-state index in [9.17, 15) is 9.59 Å². The molecule has 0 aromatic carbocycles. The second-order valence-corrected chi connectivity index (χ2v) is 7.92. The molecule has 2 aliphatic rings. The summed E-state index contributed by atoms with van der Waals surface area (Å²) < 4.78 is 10.3. The lowest BCUT2D eigenvalue weighted by Crippen LogP contribution is -2.41. The van der Waals surface area contributed by atoms with Crippen LogP contribution in [-0.4, -0.2) is 41.6 Å². The molecular weight excluding hydrogens is 308 g/mol. The highest BCUT2D eigenvalue weighted by Crippen LogP contribution is 2.38. The molecule has 1 aliphatic carbocycles. The predicted molar refractivity (Wildman–Crippen MR) is 87.5 cm³/mol. The number of aryl methyl sites for hydroxylation is 1. The van der Waals surface area contributed by atoms with Crippen molar-refractivity contribution >= 4 is 11.9 Å². The molecule has 2 heterocycles. The van der Waals surface area contributed by atoms with Crippen molar-refractivity contribution in [2.75, 3.05) is 13.7 Å². The van der Waals surface area contributed by atoms with Crippen molar-refractivity contribution in [1.82, 2.24) is 10.1 Å². The normalized spacial score (nSPS) is 23.9. The fourth-order valence-electron chi connectivity index (χ4n) is 3.84. The minimum Gasteiger partial charge on any atom is -0.467 e. The second kappa shape index (κ2) is 6.22. The number of hydrogen-bond acceptors (Lipinski definition) is 5. The smallest absolute Gasteiger partial charge is 0.328 e. The fourth-order valence-corrected chi connectivity index (χ4v) is 3.84. The van der Waals surface area contributed by atoms with E-state index in [2.05, 4.69) is 25.9 Å². The third-order valence-corrected chi connectivity index (χ3v) is 5.45. The van der Waals surface area contributed by atoms with E-state index in [0.29, 0.717) is 24.6 Å². The maximum Gasteiger partial charge on any atom is 0.328 e. The Bertz CT molecular complexity index is 644. The first-order valence-corrected chi connectivity index (χ1v) is 8.69. The first-order valence-electron chi connectivity index (χ1n) is 8.69. The molecule has 0 bridgehead atoms. The second-order valence-electron chi connectivity index (χ2n) is 7.92. The molecule has 132 valence electrons. The highest BCUT2D eigenvalue weighted by atomic mass is 16.5. The summed E-state index contributed by atoms with van der Waals surface area (Å²) in [5.74, 6) is 0.756. The van der Waals surface area contributed by atoms with E-state index < -0.39 is 6.04 Å². The van der Waals surface area contributed by atoms with Gasteiger partial charge in [0.25, 0.3) is 5.91 Å². The van der Waals surface area contributed by atoms with Crippen molar-refractivity contribution < 1.29 is 18.8 Å². The summed E-state index contributed by atoms with van der Waals surface area (Å²) >= 11 is 0. The molecule has 2 atom stereocenters. The topological polar surface area (TPSA) is 72.6 Å². The van der Waals surface area contributed by atoms with Gasteiger partial charge in [0.2, 0.25) is 0 Å². The average molecular weight is 334 g/mol. The Labute approximate surface area is 142 Å². The van der Waals surface area contributed by atoms with Crippen LogP contribution in [0.5, 0.6) is 0 Å². The van der Waals surface area contributed by atoms with E-state index >= 15 is 0 Å². The first kappa shape index (κ1) is 17.0. The Kier molecular flexibility index (Phi) is 4.40. The van der Waals surface area contributed by atoms with Crippen molar-refractivity contribution in [1.29, 1.82) is 0 Å². The van der Waals surface area contributed by atoms with Crippen LogP contribution in [0.2, 0.25) is 0 Å². The molecule has 24 heavy (non-hydrogen) atoms. The molecule has 0 radical (unpaired) electrons. The molecule has 3 rings (SSSR count). The Hall–Kier alpha value is -1.85. The maximum atomic E-state index is 13.0. The van der Waals surface area contributed by atoms with Crippen molar-refractivity contribution in [3.05, 3.63) is 17.0 Å². The summed E-state index contributed by atoms with van der Waals surface area (Å²) in [7, 11) is 1.36. The van der Waals surface area contributed by atoms with Gasteiger partial charge in [-0.3, -0.25) is 4.79 Å². The number of carbonyl (C=O) groups is 2. The van der Waals surface area contributed by atoms with Crippen molar-refractivity contribution in [2.24, 2.45) is 11.3 Å². The van der Waals surface area contributed by atoms with Gasteiger partial charge in [-0.05, 0) is 37.0 Å². The van der Waals surface area contributed by atoms with Gasteiger partial charge >= 0.3 is 5.97 Å². The minimum absolute atomic E-state index is 0.178. The molecule has 0 unspecified atom stereocenters. The van der Waals surface area contributed by atoms with Crippen molar-refractivity contribution in [2.45, 2.75) is 58.9 Å². The van der Waals surface area contributed by atoms with E-state index in [1.54, 1.807) is 4.90 Å². The number of carbonyl (C=O) groups excluding carboxylic acids is 2.